The molecular weight excluding hydrogens is 358 g/mol. The average Bonchev–Trinajstić information content (AvgIpc) is 2.68. The van der Waals surface area contributed by atoms with Gasteiger partial charge < -0.3 is 5.32 Å². The molecule has 1 N–H and O–H groups in total. The van der Waals surface area contributed by atoms with E-state index in [-0.39, 0.29) is 16.8 Å². The van der Waals surface area contributed by atoms with Crippen molar-refractivity contribution in [2.24, 2.45) is 0 Å². The number of rotatable bonds is 6. The van der Waals surface area contributed by atoms with Gasteiger partial charge in [-0.1, -0.05) is 66.7 Å². The number of benzene rings is 3. The number of amides is 1. The molecule has 0 spiro atoms. The van der Waals surface area contributed by atoms with Crippen LogP contribution in [0.4, 0.5) is 0 Å². The van der Waals surface area contributed by atoms with E-state index in [2.05, 4.69) is 5.32 Å². The largest absolute Gasteiger partial charge is 0.345 e. The zero-order valence-electron chi connectivity index (χ0n) is 15.0. The van der Waals surface area contributed by atoms with Gasteiger partial charge in [-0.15, -0.1) is 0 Å². The van der Waals surface area contributed by atoms with Crippen LogP contribution in [0.5, 0.6) is 0 Å². The summed E-state index contributed by atoms with van der Waals surface area (Å²) in [6.45, 7) is 0. The Morgan fingerprint density at radius 2 is 1.52 bits per heavy atom. The highest BCUT2D eigenvalue weighted by Gasteiger charge is 2.18. The first-order valence-electron chi connectivity index (χ1n) is 8.63. The number of hydrogen-bond acceptors (Lipinski definition) is 3. The molecule has 0 heterocycles. The topological polar surface area (TPSA) is 63.2 Å². The number of carbonyl (C=O) groups is 1. The van der Waals surface area contributed by atoms with E-state index in [9.17, 15) is 13.2 Å². The lowest BCUT2D eigenvalue weighted by atomic mass is 9.98. The van der Waals surface area contributed by atoms with Gasteiger partial charge in [-0.05, 0) is 35.7 Å². The molecule has 138 valence electrons. The maximum absolute atomic E-state index is 12.8. The molecule has 4 nitrogen and oxygen atoms in total. The minimum Gasteiger partial charge on any atom is -0.345 e. The smallest absolute Gasteiger partial charge is 0.251 e. The Morgan fingerprint density at radius 3 is 2.15 bits per heavy atom. The summed E-state index contributed by atoms with van der Waals surface area (Å²) in [5, 5.41) is 3.04. The van der Waals surface area contributed by atoms with Crippen LogP contribution in [0.3, 0.4) is 0 Å². The van der Waals surface area contributed by atoms with E-state index in [4.69, 9.17) is 0 Å². The van der Waals surface area contributed by atoms with Crippen molar-refractivity contribution >= 4 is 15.7 Å². The second kappa shape index (κ2) is 8.18. The quantitative estimate of drug-likeness (QED) is 0.708. The van der Waals surface area contributed by atoms with E-state index in [0.29, 0.717) is 12.0 Å². The third-order valence-electron chi connectivity index (χ3n) is 4.31. The summed E-state index contributed by atoms with van der Waals surface area (Å²) in [5.74, 6) is -0.301. The van der Waals surface area contributed by atoms with E-state index in [0.717, 1.165) is 17.4 Å². The van der Waals surface area contributed by atoms with Crippen LogP contribution in [0.1, 0.15) is 27.5 Å². The maximum Gasteiger partial charge on any atom is 0.251 e. The van der Waals surface area contributed by atoms with Crippen LogP contribution in [0, 0.1) is 0 Å². The molecule has 3 aromatic carbocycles. The molecule has 0 aliphatic rings. The van der Waals surface area contributed by atoms with Crippen LogP contribution < -0.4 is 5.32 Å². The van der Waals surface area contributed by atoms with Crippen LogP contribution in [0.15, 0.2) is 89.8 Å². The minimum atomic E-state index is -3.37. The second-order valence-electron chi connectivity index (χ2n) is 6.43. The highest BCUT2D eigenvalue weighted by atomic mass is 32.2. The van der Waals surface area contributed by atoms with Crippen molar-refractivity contribution in [3.05, 3.63) is 102 Å². The summed E-state index contributed by atoms with van der Waals surface area (Å²) in [4.78, 5) is 12.9. The molecule has 3 rings (SSSR count). The first kappa shape index (κ1) is 18.9. The van der Waals surface area contributed by atoms with E-state index < -0.39 is 9.84 Å². The van der Waals surface area contributed by atoms with Gasteiger partial charge in [0.2, 0.25) is 0 Å². The molecular formula is C22H21NO3S. The highest BCUT2D eigenvalue weighted by Crippen LogP contribution is 2.20. The molecule has 0 bridgehead atoms. The van der Waals surface area contributed by atoms with Gasteiger partial charge >= 0.3 is 0 Å². The maximum atomic E-state index is 12.8. The molecule has 3 aromatic rings. The lowest BCUT2D eigenvalue weighted by Crippen LogP contribution is -2.30. The Kier molecular flexibility index (Phi) is 5.72. The summed E-state index contributed by atoms with van der Waals surface area (Å²) in [5.41, 5.74) is 2.43. The van der Waals surface area contributed by atoms with Gasteiger partial charge in [0.1, 0.15) is 0 Å². The number of hydrogen-bond donors (Lipinski definition) is 1. The summed E-state index contributed by atoms with van der Waals surface area (Å²) >= 11 is 0. The third-order valence-corrected chi connectivity index (χ3v) is 5.42. The van der Waals surface area contributed by atoms with Gasteiger partial charge in [0.05, 0.1) is 10.9 Å². The number of carbonyl (C=O) groups excluding carboxylic acids is 1. The summed E-state index contributed by atoms with van der Waals surface area (Å²) in [6, 6.07) is 25.6. The molecule has 0 aliphatic heterocycles. The van der Waals surface area contributed by atoms with Crippen molar-refractivity contribution in [2.45, 2.75) is 17.4 Å². The lowest BCUT2D eigenvalue weighted by Gasteiger charge is -2.20. The van der Waals surface area contributed by atoms with E-state index in [1.54, 1.807) is 12.1 Å². The van der Waals surface area contributed by atoms with Crippen molar-refractivity contribution in [3.63, 3.8) is 0 Å². The lowest BCUT2D eigenvalue weighted by molar-refractivity contribution is 0.0936. The standard InChI is InChI=1S/C22H21NO3S/c1-27(25,26)20-14-8-13-19(16-20)22(24)23-21(18-11-6-3-7-12-18)15-17-9-4-2-5-10-17/h2-14,16,21H,15H2,1H3,(H,23,24). The molecule has 1 atom stereocenters. The molecule has 1 unspecified atom stereocenters. The summed E-state index contributed by atoms with van der Waals surface area (Å²) in [6.07, 6.45) is 1.77. The first-order valence-corrected chi connectivity index (χ1v) is 10.5. The molecule has 1 amide bonds. The number of nitrogens with one attached hydrogen (secondary N) is 1. The van der Waals surface area contributed by atoms with Gasteiger partial charge in [-0.25, -0.2) is 8.42 Å². The van der Waals surface area contributed by atoms with Crippen molar-refractivity contribution in [1.82, 2.24) is 5.32 Å². The highest BCUT2D eigenvalue weighted by molar-refractivity contribution is 7.90. The minimum absolute atomic E-state index is 0.134. The van der Waals surface area contributed by atoms with Gasteiger partial charge in [0.25, 0.3) is 5.91 Å². The zero-order chi connectivity index (χ0) is 19.3. The molecule has 0 aromatic heterocycles. The van der Waals surface area contributed by atoms with Gasteiger partial charge in [0.15, 0.2) is 9.84 Å². The molecule has 0 saturated heterocycles. The Morgan fingerprint density at radius 1 is 0.889 bits per heavy atom. The number of sulfone groups is 1. The summed E-state index contributed by atoms with van der Waals surface area (Å²) in [7, 11) is -3.37. The van der Waals surface area contributed by atoms with Gasteiger partial charge in [0, 0.05) is 11.8 Å². The fourth-order valence-corrected chi connectivity index (χ4v) is 3.56. The van der Waals surface area contributed by atoms with Crippen LogP contribution >= 0.6 is 0 Å². The predicted molar refractivity (Wildman–Crippen MR) is 106 cm³/mol. The van der Waals surface area contributed by atoms with Gasteiger partial charge in [-0.3, -0.25) is 4.79 Å². The van der Waals surface area contributed by atoms with Crippen molar-refractivity contribution in [1.29, 1.82) is 0 Å². The molecule has 0 saturated carbocycles. The Balaban J connectivity index is 1.87. The predicted octanol–water partition coefficient (Wildman–Crippen LogP) is 3.80. The fourth-order valence-electron chi connectivity index (χ4n) is 2.90. The monoisotopic (exact) mass is 379 g/mol. The van der Waals surface area contributed by atoms with Crippen LogP contribution in [-0.4, -0.2) is 20.6 Å². The Hall–Kier alpha value is -2.92. The van der Waals surface area contributed by atoms with Crippen molar-refractivity contribution < 1.29 is 13.2 Å². The molecule has 0 fully saturated rings. The average molecular weight is 379 g/mol. The van der Waals surface area contributed by atoms with E-state index >= 15 is 0 Å². The molecule has 0 radical (unpaired) electrons. The Bertz CT molecular complexity index is 1020. The fraction of sp³-hybridized carbons (Fsp3) is 0.136. The molecule has 0 aliphatic carbocycles. The summed E-state index contributed by atoms with van der Waals surface area (Å²) < 4.78 is 23.5. The van der Waals surface area contributed by atoms with Crippen LogP contribution in [0.25, 0.3) is 0 Å². The van der Waals surface area contributed by atoms with Crippen LogP contribution in [0.2, 0.25) is 0 Å². The first-order chi connectivity index (χ1) is 12.9. The molecule has 5 heteroatoms. The van der Waals surface area contributed by atoms with Crippen molar-refractivity contribution in [3.8, 4) is 0 Å². The molecule has 27 heavy (non-hydrogen) atoms. The second-order valence-corrected chi connectivity index (χ2v) is 8.44. The third kappa shape index (κ3) is 5.05. The van der Waals surface area contributed by atoms with E-state index in [1.807, 2.05) is 60.7 Å². The zero-order valence-corrected chi connectivity index (χ0v) is 15.8. The Labute approximate surface area is 159 Å². The van der Waals surface area contributed by atoms with Crippen LogP contribution in [-0.2, 0) is 16.3 Å². The van der Waals surface area contributed by atoms with Crippen molar-refractivity contribution in [2.75, 3.05) is 6.26 Å². The SMILES string of the molecule is CS(=O)(=O)c1cccc(C(=O)NC(Cc2ccccc2)c2ccccc2)c1. The van der Waals surface area contributed by atoms with Gasteiger partial charge in [-0.2, -0.15) is 0 Å². The van der Waals surface area contributed by atoms with E-state index in [1.165, 1.54) is 12.1 Å². The normalized spacial score (nSPS) is 12.3.